The van der Waals surface area contributed by atoms with Gasteiger partial charge in [-0.25, -0.2) is 0 Å². The van der Waals surface area contributed by atoms with E-state index in [-0.39, 0.29) is 0 Å². The highest BCUT2D eigenvalue weighted by Crippen LogP contribution is 2.35. The molecule has 0 aromatic carbocycles. The maximum Gasteiger partial charge on any atom is -0.00206 e. The van der Waals surface area contributed by atoms with E-state index in [1.807, 2.05) is 0 Å². The van der Waals surface area contributed by atoms with E-state index in [0.29, 0.717) is 11.8 Å². The third kappa shape index (κ3) is 5.80. The van der Waals surface area contributed by atoms with Crippen molar-refractivity contribution in [3.05, 3.63) is 35.5 Å². The normalized spacial score (nSPS) is 19.2. The molecule has 1 aliphatic rings. The second kappa shape index (κ2) is 8.40. The van der Waals surface area contributed by atoms with Gasteiger partial charge in [-0.2, -0.15) is 0 Å². The van der Waals surface area contributed by atoms with Crippen LogP contribution in [0.1, 0.15) is 66.7 Å². The summed E-state index contributed by atoms with van der Waals surface area (Å²) < 4.78 is 0. The Morgan fingerprint density at radius 1 is 1.16 bits per heavy atom. The van der Waals surface area contributed by atoms with Crippen molar-refractivity contribution in [1.82, 2.24) is 0 Å². The lowest BCUT2D eigenvalue weighted by Gasteiger charge is -2.26. The molecule has 0 aromatic heterocycles. The molecule has 1 fully saturated rings. The van der Waals surface area contributed by atoms with Crippen LogP contribution in [-0.4, -0.2) is 0 Å². The van der Waals surface area contributed by atoms with Crippen molar-refractivity contribution in [1.29, 1.82) is 0 Å². The van der Waals surface area contributed by atoms with Crippen molar-refractivity contribution >= 4 is 0 Å². The fourth-order valence-electron chi connectivity index (χ4n) is 2.66. The molecule has 0 N–H and O–H groups in total. The van der Waals surface area contributed by atoms with Crippen LogP contribution in [0.5, 0.6) is 0 Å². The molecule has 108 valence electrons. The van der Waals surface area contributed by atoms with E-state index in [9.17, 15) is 0 Å². The average Bonchev–Trinajstić information content (AvgIpc) is 2.29. The van der Waals surface area contributed by atoms with Crippen molar-refractivity contribution in [2.24, 2.45) is 17.8 Å². The SMILES string of the molecule is CC=CCC(C)CC(C=CC(C)C)C(C)=C1CCC1. The van der Waals surface area contributed by atoms with E-state index >= 15 is 0 Å². The van der Waals surface area contributed by atoms with Gasteiger partial charge >= 0.3 is 0 Å². The zero-order valence-corrected chi connectivity index (χ0v) is 13.6. The van der Waals surface area contributed by atoms with Crippen LogP contribution < -0.4 is 0 Å². The van der Waals surface area contributed by atoms with Gasteiger partial charge in [0.25, 0.3) is 0 Å². The van der Waals surface area contributed by atoms with Crippen molar-refractivity contribution in [3.8, 4) is 0 Å². The molecular formula is C19H32. The zero-order valence-electron chi connectivity index (χ0n) is 13.6. The van der Waals surface area contributed by atoms with E-state index in [4.69, 9.17) is 0 Å². The van der Waals surface area contributed by atoms with E-state index in [2.05, 4.69) is 58.9 Å². The van der Waals surface area contributed by atoms with Gasteiger partial charge in [-0.3, -0.25) is 0 Å². The Balaban J connectivity index is 2.69. The van der Waals surface area contributed by atoms with Crippen LogP contribution in [0.25, 0.3) is 0 Å². The van der Waals surface area contributed by atoms with Crippen LogP contribution in [0.15, 0.2) is 35.5 Å². The summed E-state index contributed by atoms with van der Waals surface area (Å²) in [5.41, 5.74) is 3.40. The summed E-state index contributed by atoms with van der Waals surface area (Å²) in [6.45, 7) is 11.4. The number of allylic oxidation sites excluding steroid dienone is 6. The fraction of sp³-hybridized carbons (Fsp3) is 0.684. The van der Waals surface area contributed by atoms with Gasteiger partial charge < -0.3 is 0 Å². The lowest BCUT2D eigenvalue weighted by molar-refractivity contribution is 0.473. The Bertz CT molecular complexity index is 335. The summed E-state index contributed by atoms with van der Waals surface area (Å²) in [5.74, 6) is 2.10. The average molecular weight is 260 g/mol. The molecule has 0 amide bonds. The second-order valence-electron chi connectivity index (χ2n) is 6.52. The van der Waals surface area contributed by atoms with Crippen LogP contribution in [0, 0.1) is 17.8 Å². The van der Waals surface area contributed by atoms with Gasteiger partial charge in [0, 0.05) is 0 Å². The highest BCUT2D eigenvalue weighted by Gasteiger charge is 2.18. The summed E-state index contributed by atoms with van der Waals surface area (Å²) in [6.07, 6.45) is 15.9. The smallest absolute Gasteiger partial charge is 0.00206 e. The van der Waals surface area contributed by atoms with Crippen LogP contribution >= 0.6 is 0 Å². The summed E-state index contributed by atoms with van der Waals surface area (Å²) in [5, 5.41) is 0. The predicted molar refractivity (Wildman–Crippen MR) is 87.2 cm³/mol. The molecule has 0 heterocycles. The molecule has 0 spiro atoms. The first kappa shape index (κ1) is 16.3. The van der Waals surface area contributed by atoms with E-state index < -0.39 is 0 Å². The van der Waals surface area contributed by atoms with E-state index in [1.54, 1.807) is 11.1 Å². The highest BCUT2D eigenvalue weighted by atomic mass is 14.2. The minimum atomic E-state index is 0.660. The van der Waals surface area contributed by atoms with E-state index in [0.717, 1.165) is 5.92 Å². The van der Waals surface area contributed by atoms with Gasteiger partial charge in [0.1, 0.15) is 0 Å². The molecule has 0 aliphatic heterocycles. The van der Waals surface area contributed by atoms with Gasteiger partial charge in [0.05, 0.1) is 0 Å². The van der Waals surface area contributed by atoms with Crippen molar-refractivity contribution in [3.63, 3.8) is 0 Å². The maximum atomic E-state index is 2.47. The molecule has 2 atom stereocenters. The summed E-state index contributed by atoms with van der Waals surface area (Å²) >= 11 is 0. The largest absolute Gasteiger partial charge is 0.0917 e. The number of hydrogen-bond donors (Lipinski definition) is 0. The van der Waals surface area contributed by atoms with Crippen LogP contribution in [0.3, 0.4) is 0 Å². The molecule has 0 heteroatoms. The molecule has 0 saturated heterocycles. The lowest BCUT2D eigenvalue weighted by atomic mass is 9.79. The zero-order chi connectivity index (χ0) is 14.3. The Morgan fingerprint density at radius 2 is 1.84 bits per heavy atom. The topological polar surface area (TPSA) is 0 Å². The Morgan fingerprint density at radius 3 is 2.32 bits per heavy atom. The minimum Gasteiger partial charge on any atom is -0.0917 e. The third-order valence-corrected chi connectivity index (χ3v) is 4.23. The molecule has 0 aromatic rings. The first-order valence-electron chi connectivity index (χ1n) is 8.02. The van der Waals surface area contributed by atoms with Gasteiger partial charge in [0.15, 0.2) is 0 Å². The van der Waals surface area contributed by atoms with Crippen LogP contribution in [-0.2, 0) is 0 Å². The fourth-order valence-corrected chi connectivity index (χ4v) is 2.66. The summed E-state index contributed by atoms with van der Waals surface area (Å²) in [4.78, 5) is 0. The number of rotatable bonds is 7. The minimum absolute atomic E-state index is 0.660. The van der Waals surface area contributed by atoms with E-state index in [1.165, 1.54) is 32.1 Å². The monoisotopic (exact) mass is 260 g/mol. The molecule has 0 nitrogen and oxygen atoms in total. The first-order chi connectivity index (χ1) is 9.04. The van der Waals surface area contributed by atoms with Gasteiger partial charge in [0.2, 0.25) is 0 Å². The van der Waals surface area contributed by atoms with Gasteiger partial charge in [-0.05, 0) is 63.7 Å². The number of hydrogen-bond acceptors (Lipinski definition) is 0. The highest BCUT2D eigenvalue weighted by molar-refractivity contribution is 5.23. The summed E-state index contributed by atoms with van der Waals surface area (Å²) in [6, 6.07) is 0. The van der Waals surface area contributed by atoms with Crippen molar-refractivity contribution in [2.45, 2.75) is 66.7 Å². The first-order valence-corrected chi connectivity index (χ1v) is 8.02. The molecule has 1 aliphatic carbocycles. The summed E-state index contributed by atoms with van der Waals surface area (Å²) in [7, 11) is 0. The second-order valence-corrected chi connectivity index (χ2v) is 6.52. The molecule has 2 unspecified atom stereocenters. The van der Waals surface area contributed by atoms with Gasteiger partial charge in [-0.15, -0.1) is 0 Å². The Kier molecular flexibility index (Phi) is 7.20. The van der Waals surface area contributed by atoms with Crippen LogP contribution in [0.4, 0.5) is 0 Å². The van der Waals surface area contributed by atoms with Gasteiger partial charge in [-0.1, -0.05) is 56.2 Å². The third-order valence-electron chi connectivity index (χ3n) is 4.23. The quantitative estimate of drug-likeness (QED) is 0.471. The molecule has 19 heavy (non-hydrogen) atoms. The predicted octanol–water partition coefficient (Wildman–Crippen LogP) is 6.31. The van der Waals surface area contributed by atoms with Crippen LogP contribution in [0.2, 0.25) is 0 Å². The Hall–Kier alpha value is -0.780. The maximum absolute atomic E-state index is 2.47. The van der Waals surface area contributed by atoms with Crippen molar-refractivity contribution in [2.75, 3.05) is 0 Å². The molecule has 0 bridgehead atoms. The lowest BCUT2D eigenvalue weighted by Crippen LogP contribution is -2.11. The van der Waals surface area contributed by atoms with Crippen molar-refractivity contribution < 1.29 is 0 Å². The molecule has 1 saturated carbocycles. The molecular weight excluding hydrogens is 228 g/mol. The molecule has 1 rings (SSSR count). The standard InChI is InChI=1S/C19H32/c1-6-7-9-16(4)14-19(13-12-15(2)3)17(5)18-10-8-11-18/h6-7,12-13,15-16,19H,8-11,14H2,1-5H3. The Labute approximate surface area is 120 Å². The molecule has 0 radical (unpaired) electrons.